The van der Waals surface area contributed by atoms with E-state index in [1.165, 1.54) is 0 Å². The number of amides is 1. The van der Waals surface area contributed by atoms with Crippen molar-refractivity contribution in [3.05, 3.63) is 18.5 Å². The molecule has 0 aliphatic carbocycles. The third kappa shape index (κ3) is 4.53. The van der Waals surface area contributed by atoms with Crippen molar-refractivity contribution in [1.29, 1.82) is 0 Å². The van der Waals surface area contributed by atoms with Crippen molar-refractivity contribution in [1.82, 2.24) is 19.4 Å². The second-order valence-electron chi connectivity index (χ2n) is 5.58. The van der Waals surface area contributed by atoms with Gasteiger partial charge in [-0.3, -0.25) is 9.48 Å². The van der Waals surface area contributed by atoms with Crippen LogP contribution in [-0.2, 0) is 14.8 Å². The van der Waals surface area contributed by atoms with Gasteiger partial charge in [0, 0.05) is 32.0 Å². The lowest BCUT2D eigenvalue weighted by Gasteiger charge is -2.34. The molecule has 1 saturated heterocycles. The van der Waals surface area contributed by atoms with Crippen molar-refractivity contribution in [2.24, 2.45) is 5.92 Å². The lowest BCUT2D eigenvalue weighted by Crippen LogP contribution is -2.45. The molecule has 1 N–H and O–H groups in total. The Kier molecular flexibility index (Phi) is 5.00. The molecule has 1 aliphatic heterocycles. The van der Waals surface area contributed by atoms with Crippen molar-refractivity contribution in [2.75, 3.05) is 25.9 Å². The summed E-state index contributed by atoms with van der Waals surface area (Å²) in [6.45, 7) is 3.53. The molecule has 1 aromatic heterocycles. The summed E-state index contributed by atoms with van der Waals surface area (Å²) in [6, 6.07) is 1.46. The zero-order chi connectivity index (χ0) is 15.5. The zero-order valence-corrected chi connectivity index (χ0v) is 13.2. The number of hydrogen-bond acceptors (Lipinski definition) is 4. The number of hydrogen-bond donors (Lipinski definition) is 1. The van der Waals surface area contributed by atoms with Gasteiger partial charge in [-0.25, -0.2) is 13.1 Å². The zero-order valence-electron chi connectivity index (χ0n) is 12.4. The summed E-state index contributed by atoms with van der Waals surface area (Å²) in [7, 11) is -3.18. The highest BCUT2D eigenvalue weighted by molar-refractivity contribution is 7.88. The Labute approximate surface area is 125 Å². The van der Waals surface area contributed by atoms with Crippen LogP contribution in [0.2, 0.25) is 0 Å². The standard InChI is InChI=1S/C13H22N4O3S/c1-11(17-8-4-6-14-17)13(18)16-7-3-5-12(10-16)9-15-21(2,19)20/h4,6,8,11-12,15H,3,5,7,9-10H2,1-2H3. The first kappa shape index (κ1) is 16.0. The fourth-order valence-electron chi connectivity index (χ4n) is 2.59. The van der Waals surface area contributed by atoms with E-state index < -0.39 is 10.0 Å². The third-order valence-corrected chi connectivity index (χ3v) is 4.43. The number of rotatable bonds is 5. The van der Waals surface area contributed by atoms with Crippen LogP contribution in [0.25, 0.3) is 0 Å². The Hall–Kier alpha value is -1.41. The highest BCUT2D eigenvalue weighted by Gasteiger charge is 2.28. The van der Waals surface area contributed by atoms with Gasteiger partial charge in [-0.05, 0) is 31.7 Å². The summed E-state index contributed by atoms with van der Waals surface area (Å²) in [5, 5.41) is 4.10. The smallest absolute Gasteiger partial charge is 0.247 e. The van der Waals surface area contributed by atoms with E-state index in [1.54, 1.807) is 23.1 Å². The normalized spacial score (nSPS) is 21.2. The number of sulfonamides is 1. The summed E-state index contributed by atoms with van der Waals surface area (Å²) < 4.78 is 26.5. The van der Waals surface area contributed by atoms with Crippen LogP contribution in [0.3, 0.4) is 0 Å². The van der Waals surface area contributed by atoms with Gasteiger partial charge < -0.3 is 4.90 Å². The van der Waals surface area contributed by atoms with Crippen LogP contribution in [0.15, 0.2) is 18.5 Å². The second-order valence-corrected chi connectivity index (χ2v) is 7.41. The van der Waals surface area contributed by atoms with Gasteiger partial charge in [-0.1, -0.05) is 0 Å². The largest absolute Gasteiger partial charge is 0.341 e. The Balaban J connectivity index is 1.92. The number of likely N-dealkylation sites (tertiary alicyclic amines) is 1. The SMILES string of the molecule is CC(C(=O)N1CCCC(CNS(C)(=O)=O)C1)n1cccn1. The Morgan fingerprint density at radius 1 is 1.52 bits per heavy atom. The number of piperidine rings is 1. The highest BCUT2D eigenvalue weighted by Crippen LogP contribution is 2.19. The first-order chi connectivity index (χ1) is 9.87. The lowest BCUT2D eigenvalue weighted by molar-refractivity contribution is -0.136. The summed E-state index contributed by atoms with van der Waals surface area (Å²) in [5.41, 5.74) is 0. The molecule has 2 unspecified atom stereocenters. The third-order valence-electron chi connectivity index (χ3n) is 3.74. The van der Waals surface area contributed by atoms with Gasteiger partial charge >= 0.3 is 0 Å². The van der Waals surface area contributed by atoms with Crippen LogP contribution in [-0.4, -0.2) is 54.9 Å². The molecule has 0 radical (unpaired) electrons. The maximum Gasteiger partial charge on any atom is 0.247 e. The Morgan fingerprint density at radius 2 is 2.29 bits per heavy atom. The van der Waals surface area contributed by atoms with E-state index in [0.29, 0.717) is 13.1 Å². The summed E-state index contributed by atoms with van der Waals surface area (Å²) in [6.07, 6.45) is 6.41. The Morgan fingerprint density at radius 3 is 2.90 bits per heavy atom. The van der Waals surface area contributed by atoms with Crippen molar-refractivity contribution in [2.45, 2.75) is 25.8 Å². The predicted molar refractivity (Wildman–Crippen MR) is 79.1 cm³/mol. The van der Waals surface area contributed by atoms with Crippen LogP contribution in [0.4, 0.5) is 0 Å². The van der Waals surface area contributed by atoms with Crippen molar-refractivity contribution in [3.8, 4) is 0 Å². The molecule has 8 heteroatoms. The predicted octanol–water partition coefficient (Wildman–Crippen LogP) is 0.232. The molecule has 21 heavy (non-hydrogen) atoms. The van der Waals surface area contributed by atoms with Gasteiger partial charge in [0.15, 0.2) is 0 Å². The molecular formula is C13H22N4O3S. The molecule has 118 valence electrons. The van der Waals surface area contributed by atoms with Crippen molar-refractivity contribution in [3.63, 3.8) is 0 Å². The van der Waals surface area contributed by atoms with Crippen LogP contribution < -0.4 is 4.72 Å². The molecule has 2 rings (SSSR count). The van der Waals surface area contributed by atoms with Gasteiger partial charge in [0.05, 0.1) is 6.26 Å². The first-order valence-electron chi connectivity index (χ1n) is 7.09. The van der Waals surface area contributed by atoms with Crippen molar-refractivity contribution < 1.29 is 13.2 Å². The summed E-state index contributed by atoms with van der Waals surface area (Å²) >= 11 is 0. The molecule has 1 aromatic rings. The molecular weight excluding hydrogens is 292 g/mol. The van der Waals surface area contributed by atoms with E-state index >= 15 is 0 Å². The van der Waals surface area contributed by atoms with Gasteiger partial charge in [0.2, 0.25) is 15.9 Å². The van der Waals surface area contributed by atoms with Crippen LogP contribution >= 0.6 is 0 Å². The number of carbonyl (C=O) groups is 1. The highest BCUT2D eigenvalue weighted by atomic mass is 32.2. The maximum absolute atomic E-state index is 12.5. The van der Waals surface area contributed by atoms with E-state index in [1.807, 2.05) is 11.8 Å². The number of aromatic nitrogens is 2. The fraction of sp³-hybridized carbons (Fsp3) is 0.692. The van der Waals surface area contributed by atoms with Crippen LogP contribution in [0, 0.1) is 5.92 Å². The summed E-state index contributed by atoms with van der Waals surface area (Å²) in [5.74, 6) is 0.199. The van der Waals surface area contributed by atoms with E-state index in [2.05, 4.69) is 9.82 Å². The van der Waals surface area contributed by atoms with Gasteiger partial charge in [-0.2, -0.15) is 5.10 Å². The number of nitrogens with zero attached hydrogens (tertiary/aromatic N) is 3. The van der Waals surface area contributed by atoms with Gasteiger partial charge in [0.1, 0.15) is 6.04 Å². The maximum atomic E-state index is 12.5. The summed E-state index contributed by atoms with van der Waals surface area (Å²) in [4.78, 5) is 14.3. The molecule has 1 aliphatic rings. The van der Waals surface area contributed by atoms with Crippen LogP contribution in [0.5, 0.6) is 0 Å². The van der Waals surface area contributed by atoms with Crippen molar-refractivity contribution >= 4 is 15.9 Å². The van der Waals surface area contributed by atoms with Crippen LogP contribution in [0.1, 0.15) is 25.8 Å². The molecule has 7 nitrogen and oxygen atoms in total. The monoisotopic (exact) mass is 314 g/mol. The minimum Gasteiger partial charge on any atom is -0.341 e. The van der Waals surface area contributed by atoms with E-state index in [4.69, 9.17) is 0 Å². The quantitative estimate of drug-likeness (QED) is 0.843. The molecule has 0 saturated carbocycles. The minimum atomic E-state index is -3.18. The average Bonchev–Trinajstić information content (AvgIpc) is 2.97. The Bertz CT molecular complexity index is 570. The van der Waals surface area contributed by atoms with E-state index in [0.717, 1.165) is 25.6 Å². The molecule has 0 spiro atoms. The topological polar surface area (TPSA) is 84.3 Å². The molecule has 0 aromatic carbocycles. The molecule has 2 heterocycles. The van der Waals surface area contributed by atoms with E-state index in [-0.39, 0.29) is 17.9 Å². The van der Waals surface area contributed by atoms with Gasteiger partial charge in [0.25, 0.3) is 0 Å². The molecule has 1 amide bonds. The van der Waals surface area contributed by atoms with E-state index in [9.17, 15) is 13.2 Å². The first-order valence-corrected chi connectivity index (χ1v) is 8.98. The van der Waals surface area contributed by atoms with Gasteiger partial charge in [-0.15, -0.1) is 0 Å². The molecule has 2 atom stereocenters. The molecule has 1 fully saturated rings. The lowest BCUT2D eigenvalue weighted by atomic mass is 9.98. The fourth-order valence-corrected chi connectivity index (χ4v) is 3.13. The minimum absolute atomic E-state index is 0.0303. The second kappa shape index (κ2) is 6.57. The number of nitrogens with one attached hydrogen (secondary N) is 1. The average molecular weight is 314 g/mol. The molecule has 0 bridgehead atoms. The number of carbonyl (C=O) groups excluding carboxylic acids is 1.